The van der Waals surface area contributed by atoms with Crippen molar-refractivity contribution in [1.82, 2.24) is 5.32 Å². The molecule has 1 aliphatic heterocycles. The molecule has 0 saturated carbocycles. The monoisotopic (exact) mass is 215 g/mol. The summed E-state index contributed by atoms with van der Waals surface area (Å²) in [5.74, 6) is 0. The van der Waals surface area contributed by atoms with E-state index in [9.17, 15) is 9.59 Å². The Kier molecular flexibility index (Phi) is 3.34. The van der Waals surface area contributed by atoms with Crippen LogP contribution >= 0.6 is 0 Å². The van der Waals surface area contributed by atoms with Gasteiger partial charge in [-0.1, -0.05) is 0 Å². The van der Waals surface area contributed by atoms with Gasteiger partial charge >= 0.3 is 6.09 Å². The Morgan fingerprint density at radius 1 is 1.53 bits per heavy atom. The number of hydrogen-bond acceptors (Lipinski definition) is 4. The molecular formula is C10H17NO4. The van der Waals surface area contributed by atoms with E-state index in [0.29, 0.717) is 13.2 Å². The molecule has 1 heterocycles. The maximum atomic E-state index is 11.4. The highest BCUT2D eigenvalue weighted by Gasteiger charge is 2.40. The van der Waals surface area contributed by atoms with E-state index in [1.165, 1.54) is 0 Å². The summed E-state index contributed by atoms with van der Waals surface area (Å²) < 4.78 is 10.1. The summed E-state index contributed by atoms with van der Waals surface area (Å²) in [5.41, 5.74) is -1.08. The Labute approximate surface area is 89.1 Å². The van der Waals surface area contributed by atoms with Gasteiger partial charge in [-0.2, -0.15) is 0 Å². The van der Waals surface area contributed by atoms with E-state index in [1.54, 1.807) is 20.8 Å². The molecule has 5 nitrogen and oxygen atoms in total. The standard InChI is InChI=1S/C10H17NO4/c1-9(2,3)15-8(13)11-10(4-5-12)6-14-7-10/h5H,4,6-7H2,1-3H3,(H,11,13). The van der Waals surface area contributed by atoms with E-state index in [4.69, 9.17) is 9.47 Å². The number of carbonyl (C=O) groups is 2. The van der Waals surface area contributed by atoms with Crippen LogP contribution in [-0.4, -0.2) is 36.7 Å². The van der Waals surface area contributed by atoms with Crippen molar-refractivity contribution in [2.45, 2.75) is 38.3 Å². The highest BCUT2D eigenvalue weighted by atomic mass is 16.6. The second kappa shape index (κ2) is 4.18. The average Bonchev–Trinajstić information content (AvgIpc) is 1.96. The van der Waals surface area contributed by atoms with Gasteiger partial charge in [0.2, 0.25) is 0 Å². The van der Waals surface area contributed by atoms with Crippen LogP contribution in [0.2, 0.25) is 0 Å². The van der Waals surface area contributed by atoms with E-state index in [2.05, 4.69) is 5.32 Å². The summed E-state index contributed by atoms with van der Waals surface area (Å²) in [4.78, 5) is 21.9. The number of alkyl carbamates (subject to hydrolysis) is 1. The fourth-order valence-corrected chi connectivity index (χ4v) is 1.27. The van der Waals surface area contributed by atoms with Crippen molar-refractivity contribution in [3.63, 3.8) is 0 Å². The molecule has 0 aromatic carbocycles. The molecule has 1 saturated heterocycles. The molecule has 1 fully saturated rings. The van der Waals surface area contributed by atoms with Gasteiger partial charge in [0.05, 0.1) is 18.8 Å². The van der Waals surface area contributed by atoms with Crippen LogP contribution in [0, 0.1) is 0 Å². The fraction of sp³-hybridized carbons (Fsp3) is 0.800. The molecule has 15 heavy (non-hydrogen) atoms. The molecule has 0 aromatic heterocycles. The predicted octanol–water partition coefficient (Wildman–Crippen LogP) is 0.869. The van der Waals surface area contributed by atoms with Gasteiger partial charge in [-0.3, -0.25) is 0 Å². The van der Waals surface area contributed by atoms with Gasteiger partial charge in [0, 0.05) is 6.42 Å². The van der Waals surface area contributed by atoms with Crippen LogP contribution < -0.4 is 5.32 Å². The molecule has 0 radical (unpaired) electrons. The van der Waals surface area contributed by atoms with E-state index < -0.39 is 17.2 Å². The van der Waals surface area contributed by atoms with Gasteiger partial charge in [0.25, 0.3) is 0 Å². The quantitative estimate of drug-likeness (QED) is 0.709. The molecule has 0 spiro atoms. The highest BCUT2D eigenvalue weighted by molar-refractivity contribution is 5.70. The molecule has 1 N–H and O–H groups in total. The number of hydrogen-bond donors (Lipinski definition) is 1. The average molecular weight is 215 g/mol. The molecule has 1 rings (SSSR count). The Morgan fingerprint density at radius 3 is 2.47 bits per heavy atom. The number of rotatable bonds is 3. The van der Waals surface area contributed by atoms with Crippen LogP contribution in [0.15, 0.2) is 0 Å². The van der Waals surface area contributed by atoms with Crippen molar-refractivity contribution in [1.29, 1.82) is 0 Å². The first-order valence-electron chi connectivity index (χ1n) is 4.89. The molecule has 86 valence electrons. The zero-order valence-corrected chi connectivity index (χ0v) is 9.33. The minimum atomic E-state index is -0.552. The molecular weight excluding hydrogens is 198 g/mol. The van der Waals surface area contributed by atoms with Gasteiger partial charge in [-0.05, 0) is 20.8 Å². The summed E-state index contributed by atoms with van der Waals surface area (Å²) in [6, 6.07) is 0. The fourth-order valence-electron chi connectivity index (χ4n) is 1.27. The largest absolute Gasteiger partial charge is 0.444 e. The molecule has 0 bridgehead atoms. The lowest BCUT2D eigenvalue weighted by molar-refractivity contribution is -0.118. The second-order valence-corrected chi connectivity index (χ2v) is 4.77. The number of ether oxygens (including phenoxy) is 2. The molecule has 0 atom stereocenters. The van der Waals surface area contributed by atoms with Crippen LogP contribution in [0.3, 0.4) is 0 Å². The highest BCUT2D eigenvalue weighted by Crippen LogP contribution is 2.20. The van der Waals surface area contributed by atoms with Crippen molar-refractivity contribution in [3.05, 3.63) is 0 Å². The topological polar surface area (TPSA) is 64.6 Å². The van der Waals surface area contributed by atoms with E-state index in [-0.39, 0.29) is 6.42 Å². The summed E-state index contributed by atoms with van der Waals surface area (Å²) in [6.45, 7) is 6.10. The first-order valence-corrected chi connectivity index (χ1v) is 4.89. The summed E-state index contributed by atoms with van der Waals surface area (Å²) in [6.07, 6.45) is 0.527. The van der Waals surface area contributed by atoms with Gasteiger partial charge < -0.3 is 19.6 Å². The van der Waals surface area contributed by atoms with Crippen molar-refractivity contribution in [2.75, 3.05) is 13.2 Å². The van der Waals surface area contributed by atoms with E-state index >= 15 is 0 Å². The number of carbonyl (C=O) groups excluding carboxylic acids is 2. The number of amides is 1. The lowest BCUT2D eigenvalue weighted by Crippen LogP contribution is -2.62. The summed E-state index contributed by atoms with van der Waals surface area (Å²) in [5, 5.41) is 2.67. The van der Waals surface area contributed by atoms with Gasteiger partial charge in [-0.15, -0.1) is 0 Å². The SMILES string of the molecule is CC(C)(C)OC(=O)NC1(CC=O)COC1. The minimum Gasteiger partial charge on any atom is -0.444 e. The van der Waals surface area contributed by atoms with Crippen molar-refractivity contribution in [3.8, 4) is 0 Å². The third-order valence-electron chi connectivity index (χ3n) is 2.00. The van der Waals surface area contributed by atoms with Crippen LogP contribution in [0.1, 0.15) is 27.2 Å². The lowest BCUT2D eigenvalue weighted by atomic mass is 9.94. The zero-order chi connectivity index (χ0) is 11.5. The van der Waals surface area contributed by atoms with Crippen LogP contribution in [0.25, 0.3) is 0 Å². The zero-order valence-electron chi connectivity index (χ0n) is 9.33. The van der Waals surface area contributed by atoms with Gasteiger partial charge in [0.1, 0.15) is 11.9 Å². The number of aldehydes is 1. The predicted molar refractivity (Wildman–Crippen MR) is 53.6 cm³/mol. The van der Waals surface area contributed by atoms with Crippen molar-refractivity contribution >= 4 is 12.4 Å². The molecule has 0 aliphatic carbocycles. The third-order valence-corrected chi connectivity index (χ3v) is 2.00. The van der Waals surface area contributed by atoms with Crippen LogP contribution in [0.4, 0.5) is 4.79 Å². The van der Waals surface area contributed by atoms with Gasteiger partial charge in [-0.25, -0.2) is 4.79 Å². The molecule has 0 aromatic rings. The Bertz CT molecular complexity index is 253. The molecule has 1 amide bonds. The summed E-state index contributed by atoms with van der Waals surface area (Å²) in [7, 11) is 0. The molecule has 5 heteroatoms. The maximum absolute atomic E-state index is 11.4. The van der Waals surface area contributed by atoms with Crippen molar-refractivity contribution < 1.29 is 19.1 Å². The molecule has 0 unspecified atom stereocenters. The Morgan fingerprint density at radius 2 is 2.13 bits per heavy atom. The van der Waals surface area contributed by atoms with Gasteiger partial charge in [0.15, 0.2) is 0 Å². The third kappa shape index (κ3) is 3.51. The first-order chi connectivity index (χ1) is 6.87. The van der Waals surface area contributed by atoms with Crippen molar-refractivity contribution in [2.24, 2.45) is 0 Å². The van der Waals surface area contributed by atoms with E-state index in [0.717, 1.165) is 6.29 Å². The second-order valence-electron chi connectivity index (χ2n) is 4.77. The maximum Gasteiger partial charge on any atom is 0.408 e. The summed E-state index contributed by atoms with van der Waals surface area (Å²) >= 11 is 0. The first kappa shape index (κ1) is 12.0. The minimum absolute atomic E-state index is 0.256. The van der Waals surface area contributed by atoms with Crippen LogP contribution in [0.5, 0.6) is 0 Å². The lowest BCUT2D eigenvalue weighted by Gasteiger charge is -2.40. The Balaban J connectivity index is 2.45. The normalized spacial score (nSPS) is 18.9. The Hall–Kier alpha value is -1.10. The smallest absolute Gasteiger partial charge is 0.408 e. The molecule has 1 aliphatic rings. The number of nitrogens with one attached hydrogen (secondary N) is 1. The van der Waals surface area contributed by atoms with Crippen LogP contribution in [-0.2, 0) is 14.3 Å². The van der Waals surface area contributed by atoms with E-state index in [1.807, 2.05) is 0 Å².